The van der Waals surface area contributed by atoms with Crippen LogP contribution in [0.1, 0.15) is 22.6 Å². The van der Waals surface area contributed by atoms with Crippen LogP contribution in [0.25, 0.3) is 11.1 Å². The number of nitrogens with one attached hydrogen (secondary N) is 1. The molecule has 7 heteroatoms. The van der Waals surface area contributed by atoms with Crippen LogP contribution in [0.5, 0.6) is 0 Å². The first-order valence-corrected chi connectivity index (χ1v) is 9.84. The van der Waals surface area contributed by atoms with Gasteiger partial charge in [-0.2, -0.15) is 0 Å². The number of carboxylic acids is 1. The molecule has 0 saturated carbocycles. The molecule has 6 nitrogen and oxygen atoms in total. The van der Waals surface area contributed by atoms with Crippen molar-refractivity contribution in [3.63, 3.8) is 0 Å². The number of ether oxygens (including phenoxy) is 1. The van der Waals surface area contributed by atoms with Crippen LogP contribution in [0.2, 0.25) is 5.02 Å². The molecule has 1 heterocycles. The highest BCUT2D eigenvalue weighted by atomic mass is 35.5. The highest BCUT2D eigenvalue weighted by Gasteiger charge is 2.29. The summed E-state index contributed by atoms with van der Waals surface area (Å²) in [6.07, 6.45) is 2.24. The van der Waals surface area contributed by atoms with Crippen molar-refractivity contribution in [1.29, 1.82) is 0 Å². The zero-order chi connectivity index (χ0) is 21.1. The number of benzene rings is 2. The highest BCUT2D eigenvalue weighted by molar-refractivity contribution is 6.30. The van der Waals surface area contributed by atoms with E-state index in [-0.39, 0.29) is 18.9 Å². The van der Waals surface area contributed by atoms with E-state index in [1.807, 2.05) is 48.5 Å². The topological polar surface area (TPSA) is 88.5 Å². The van der Waals surface area contributed by atoms with Gasteiger partial charge in [0.15, 0.2) is 0 Å². The van der Waals surface area contributed by atoms with Crippen molar-refractivity contribution in [1.82, 2.24) is 10.3 Å². The van der Waals surface area contributed by atoms with Gasteiger partial charge in [-0.05, 0) is 33.9 Å². The molecule has 1 aliphatic rings. The fourth-order valence-electron chi connectivity index (χ4n) is 3.79. The van der Waals surface area contributed by atoms with Gasteiger partial charge in [0.2, 0.25) is 0 Å². The average Bonchev–Trinajstić information content (AvgIpc) is 3.06. The minimum atomic E-state index is -1.16. The van der Waals surface area contributed by atoms with Crippen LogP contribution in [-0.4, -0.2) is 34.8 Å². The number of carboxylic acid groups (broad SMARTS) is 1. The average molecular weight is 423 g/mol. The number of hydrogen-bond acceptors (Lipinski definition) is 4. The maximum absolute atomic E-state index is 12.4. The minimum Gasteiger partial charge on any atom is -0.480 e. The summed E-state index contributed by atoms with van der Waals surface area (Å²) in [4.78, 5) is 27.9. The highest BCUT2D eigenvalue weighted by Crippen LogP contribution is 2.44. The number of amides is 1. The standard InChI is InChI=1S/C23H19ClN2O4/c24-15-9-14(11-25-12-15)10-21(22(27)28)26-23(29)30-13-20-18-7-3-1-5-16(18)17-6-2-4-8-19(17)20/h1-9,11-12,20-21H,10,13H2,(H,26,29)(H,27,28)/t21-/m0/s1. The largest absolute Gasteiger partial charge is 0.480 e. The van der Waals surface area contributed by atoms with Crippen molar-refractivity contribution >= 4 is 23.7 Å². The Labute approximate surface area is 178 Å². The van der Waals surface area contributed by atoms with Crippen LogP contribution >= 0.6 is 11.6 Å². The Bertz CT molecular complexity index is 1060. The third-order valence-electron chi connectivity index (χ3n) is 5.14. The number of pyridine rings is 1. The monoisotopic (exact) mass is 422 g/mol. The van der Waals surface area contributed by atoms with Gasteiger partial charge < -0.3 is 15.2 Å². The van der Waals surface area contributed by atoms with E-state index in [0.29, 0.717) is 10.6 Å². The van der Waals surface area contributed by atoms with Crippen LogP contribution in [0.3, 0.4) is 0 Å². The van der Waals surface area contributed by atoms with Crippen LogP contribution < -0.4 is 5.32 Å². The number of halogens is 1. The van der Waals surface area contributed by atoms with Gasteiger partial charge in [-0.3, -0.25) is 4.98 Å². The van der Waals surface area contributed by atoms with Crippen LogP contribution in [0.4, 0.5) is 4.79 Å². The molecule has 30 heavy (non-hydrogen) atoms. The van der Waals surface area contributed by atoms with Gasteiger partial charge in [0, 0.05) is 24.7 Å². The predicted octanol–water partition coefficient (Wildman–Crippen LogP) is 4.27. The number of alkyl carbamates (subject to hydrolysis) is 1. The van der Waals surface area contributed by atoms with Crippen molar-refractivity contribution in [2.75, 3.05) is 6.61 Å². The summed E-state index contributed by atoms with van der Waals surface area (Å²) in [6.45, 7) is 0.116. The van der Waals surface area contributed by atoms with E-state index in [1.54, 1.807) is 6.07 Å². The Kier molecular flexibility index (Phi) is 5.68. The lowest BCUT2D eigenvalue weighted by Crippen LogP contribution is -2.42. The molecule has 2 N–H and O–H groups in total. The summed E-state index contributed by atoms with van der Waals surface area (Å²) >= 11 is 5.90. The van der Waals surface area contributed by atoms with E-state index in [2.05, 4.69) is 10.3 Å². The van der Waals surface area contributed by atoms with E-state index >= 15 is 0 Å². The maximum atomic E-state index is 12.4. The molecule has 1 atom stereocenters. The van der Waals surface area contributed by atoms with Gasteiger partial charge in [0.25, 0.3) is 0 Å². The molecule has 1 aromatic heterocycles. The van der Waals surface area contributed by atoms with Crippen LogP contribution in [-0.2, 0) is 16.0 Å². The number of rotatable bonds is 6. The van der Waals surface area contributed by atoms with Crippen LogP contribution in [0.15, 0.2) is 67.0 Å². The number of carbonyl (C=O) groups is 2. The Morgan fingerprint density at radius 2 is 1.70 bits per heavy atom. The van der Waals surface area contributed by atoms with Crippen molar-refractivity contribution in [3.8, 4) is 11.1 Å². The molecule has 0 bridgehead atoms. The molecule has 1 aliphatic carbocycles. The lowest BCUT2D eigenvalue weighted by molar-refractivity contribution is -0.139. The molecule has 0 fully saturated rings. The lowest BCUT2D eigenvalue weighted by Gasteiger charge is -2.17. The first-order chi connectivity index (χ1) is 14.5. The Hall–Kier alpha value is -3.38. The van der Waals surface area contributed by atoms with Gasteiger partial charge in [-0.25, -0.2) is 9.59 Å². The first kappa shape index (κ1) is 19.9. The molecule has 0 spiro atoms. The summed E-state index contributed by atoms with van der Waals surface area (Å²) in [6, 6.07) is 16.5. The smallest absolute Gasteiger partial charge is 0.407 e. The molecule has 4 rings (SSSR count). The van der Waals surface area contributed by atoms with Gasteiger partial charge in [0.1, 0.15) is 12.6 Å². The van der Waals surface area contributed by atoms with Crippen LogP contribution in [0, 0.1) is 0 Å². The summed E-state index contributed by atoms with van der Waals surface area (Å²) < 4.78 is 5.43. The SMILES string of the molecule is O=C(N[C@@H](Cc1cncc(Cl)c1)C(=O)O)OCC1c2ccccc2-c2ccccc21. The molecule has 2 aromatic carbocycles. The molecule has 0 unspecified atom stereocenters. The zero-order valence-corrected chi connectivity index (χ0v) is 16.7. The maximum Gasteiger partial charge on any atom is 0.407 e. The van der Waals surface area contributed by atoms with E-state index in [4.69, 9.17) is 16.3 Å². The second-order valence-electron chi connectivity index (χ2n) is 7.08. The number of aromatic nitrogens is 1. The molecule has 0 aliphatic heterocycles. The number of carbonyl (C=O) groups excluding carboxylic acids is 1. The number of aliphatic carboxylic acids is 1. The lowest BCUT2D eigenvalue weighted by atomic mass is 9.98. The van der Waals surface area contributed by atoms with Gasteiger partial charge in [-0.1, -0.05) is 60.1 Å². The third kappa shape index (κ3) is 4.14. The zero-order valence-electron chi connectivity index (χ0n) is 15.9. The molecule has 0 saturated heterocycles. The summed E-state index contributed by atoms with van der Waals surface area (Å²) in [5, 5.41) is 12.3. The fourth-order valence-corrected chi connectivity index (χ4v) is 3.98. The molecule has 1 amide bonds. The Morgan fingerprint density at radius 3 is 2.30 bits per heavy atom. The molecular formula is C23H19ClN2O4. The van der Waals surface area contributed by atoms with Gasteiger partial charge in [-0.15, -0.1) is 0 Å². The number of nitrogens with zero attached hydrogens (tertiary/aromatic N) is 1. The summed E-state index contributed by atoms with van der Waals surface area (Å²) in [5.74, 6) is -1.26. The normalized spacial score (nSPS) is 13.2. The molecular weight excluding hydrogens is 404 g/mol. The second-order valence-corrected chi connectivity index (χ2v) is 7.51. The van der Waals surface area contributed by atoms with E-state index in [0.717, 1.165) is 22.3 Å². The van der Waals surface area contributed by atoms with E-state index in [9.17, 15) is 14.7 Å². The Balaban J connectivity index is 1.43. The van der Waals surface area contributed by atoms with Gasteiger partial charge in [0.05, 0.1) is 5.02 Å². The molecule has 0 radical (unpaired) electrons. The van der Waals surface area contributed by atoms with Crippen molar-refractivity contribution in [2.24, 2.45) is 0 Å². The first-order valence-electron chi connectivity index (χ1n) is 9.46. The predicted molar refractivity (Wildman–Crippen MR) is 113 cm³/mol. The number of hydrogen-bond donors (Lipinski definition) is 2. The third-order valence-corrected chi connectivity index (χ3v) is 5.34. The fraction of sp³-hybridized carbons (Fsp3) is 0.174. The van der Waals surface area contributed by atoms with E-state index in [1.165, 1.54) is 12.4 Å². The van der Waals surface area contributed by atoms with Gasteiger partial charge >= 0.3 is 12.1 Å². The molecule has 152 valence electrons. The van der Waals surface area contributed by atoms with Crippen molar-refractivity contribution in [3.05, 3.63) is 88.7 Å². The minimum absolute atomic E-state index is 0.0487. The quantitative estimate of drug-likeness (QED) is 0.619. The van der Waals surface area contributed by atoms with E-state index < -0.39 is 18.1 Å². The van der Waals surface area contributed by atoms with Crippen molar-refractivity contribution < 1.29 is 19.4 Å². The second kappa shape index (κ2) is 8.55. The molecule has 3 aromatic rings. The van der Waals surface area contributed by atoms with Crippen molar-refractivity contribution in [2.45, 2.75) is 18.4 Å². The Morgan fingerprint density at radius 1 is 1.07 bits per heavy atom. The summed E-state index contributed by atoms with van der Waals surface area (Å²) in [7, 11) is 0. The number of fused-ring (bicyclic) bond motifs is 3. The summed E-state index contributed by atoms with van der Waals surface area (Å²) in [5.41, 5.74) is 5.03.